The van der Waals surface area contributed by atoms with E-state index in [-0.39, 0.29) is 16.9 Å². The lowest BCUT2D eigenvalue weighted by atomic mass is 9.97. The molecule has 0 saturated carbocycles. The van der Waals surface area contributed by atoms with Crippen LogP contribution in [0.15, 0.2) is 54.9 Å². The molecule has 3 rings (SSSR count). The molecule has 0 aliphatic rings. The zero-order valence-corrected chi connectivity index (χ0v) is 14.6. The average Bonchev–Trinajstić information content (AvgIpc) is 2.61. The van der Waals surface area contributed by atoms with Gasteiger partial charge in [0, 0.05) is 29.2 Å². The molecule has 0 aliphatic heterocycles. The molecule has 0 radical (unpaired) electrons. The van der Waals surface area contributed by atoms with Gasteiger partial charge in [0.15, 0.2) is 0 Å². The number of carbonyl (C=O) groups excluding carboxylic acids is 1. The molecule has 0 unspecified atom stereocenters. The third-order valence-electron chi connectivity index (χ3n) is 4.00. The van der Waals surface area contributed by atoms with E-state index in [2.05, 4.69) is 15.3 Å². The van der Waals surface area contributed by atoms with Gasteiger partial charge in [-0.2, -0.15) is 13.2 Å². The van der Waals surface area contributed by atoms with Crippen molar-refractivity contribution in [2.45, 2.75) is 20.0 Å². The summed E-state index contributed by atoms with van der Waals surface area (Å²) in [5, 5.41) is 2.54. The van der Waals surface area contributed by atoms with E-state index in [1.807, 2.05) is 0 Å². The van der Waals surface area contributed by atoms with Crippen molar-refractivity contribution in [2.75, 3.05) is 5.32 Å². The number of hydrogen-bond donors (Lipinski definition) is 1. The minimum absolute atomic E-state index is 0.105. The van der Waals surface area contributed by atoms with Crippen LogP contribution in [0.5, 0.6) is 0 Å². The normalized spacial score (nSPS) is 11.3. The molecular weight excluding hydrogens is 355 g/mol. The zero-order chi connectivity index (χ0) is 19.6. The molecule has 4 nitrogen and oxygen atoms in total. The van der Waals surface area contributed by atoms with Gasteiger partial charge >= 0.3 is 6.18 Å². The summed E-state index contributed by atoms with van der Waals surface area (Å²) in [6.45, 7) is 3.52. The van der Waals surface area contributed by atoms with Crippen LogP contribution < -0.4 is 5.32 Å². The fourth-order valence-electron chi connectivity index (χ4n) is 2.65. The van der Waals surface area contributed by atoms with Crippen LogP contribution in [-0.2, 0) is 6.18 Å². The number of carbonyl (C=O) groups is 1. The molecule has 0 spiro atoms. The summed E-state index contributed by atoms with van der Waals surface area (Å²) >= 11 is 0. The van der Waals surface area contributed by atoms with Gasteiger partial charge in [-0.3, -0.25) is 9.78 Å². The number of pyridine rings is 2. The Balaban J connectivity index is 2.05. The number of hydrogen-bond acceptors (Lipinski definition) is 3. The van der Waals surface area contributed by atoms with Crippen LogP contribution in [0.1, 0.15) is 27.2 Å². The van der Waals surface area contributed by atoms with Gasteiger partial charge in [-0.15, -0.1) is 0 Å². The van der Waals surface area contributed by atoms with E-state index in [1.54, 1.807) is 44.3 Å². The van der Waals surface area contributed by atoms with Crippen LogP contribution in [0.3, 0.4) is 0 Å². The SMILES string of the molecule is Cc1cccc(NC(=O)c2cc(-c3cnccc3C)cc(C(F)(F)F)c2)n1. The number of rotatable bonds is 3. The Labute approximate surface area is 154 Å². The number of halogens is 3. The lowest BCUT2D eigenvalue weighted by Gasteiger charge is -2.13. The Morgan fingerprint density at radius 3 is 2.52 bits per heavy atom. The average molecular weight is 371 g/mol. The molecule has 2 aromatic heterocycles. The first-order chi connectivity index (χ1) is 12.7. The Morgan fingerprint density at radius 2 is 1.85 bits per heavy atom. The highest BCUT2D eigenvalue weighted by molar-refractivity contribution is 6.04. The lowest BCUT2D eigenvalue weighted by molar-refractivity contribution is -0.137. The second-order valence-corrected chi connectivity index (χ2v) is 6.11. The Hall–Kier alpha value is -3.22. The number of amides is 1. The van der Waals surface area contributed by atoms with Crippen LogP contribution in [-0.4, -0.2) is 15.9 Å². The van der Waals surface area contributed by atoms with E-state index in [1.165, 1.54) is 12.3 Å². The quantitative estimate of drug-likeness (QED) is 0.702. The maximum absolute atomic E-state index is 13.3. The minimum atomic E-state index is -4.58. The summed E-state index contributed by atoms with van der Waals surface area (Å²) in [5.41, 5.74) is 1.25. The Morgan fingerprint density at radius 1 is 1.07 bits per heavy atom. The molecular formula is C20H16F3N3O. The number of aryl methyl sites for hydroxylation is 2. The third-order valence-corrected chi connectivity index (χ3v) is 4.00. The van der Waals surface area contributed by atoms with Gasteiger partial charge in [0.05, 0.1) is 5.56 Å². The Kier molecular flexibility index (Phi) is 4.94. The molecule has 7 heteroatoms. The lowest BCUT2D eigenvalue weighted by Crippen LogP contribution is -2.15. The van der Waals surface area contributed by atoms with Gasteiger partial charge < -0.3 is 5.32 Å². The molecule has 3 aromatic rings. The highest BCUT2D eigenvalue weighted by atomic mass is 19.4. The topological polar surface area (TPSA) is 54.9 Å². The van der Waals surface area contributed by atoms with E-state index in [0.29, 0.717) is 11.3 Å². The maximum Gasteiger partial charge on any atom is 0.416 e. The number of alkyl halides is 3. The first-order valence-electron chi connectivity index (χ1n) is 8.12. The molecule has 2 heterocycles. The molecule has 0 atom stereocenters. The predicted octanol–water partition coefficient (Wildman–Crippen LogP) is 5.03. The Bertz CT molecular complexity index is 1000. The van der Waals surface area contributed by atoms with Crippen molar-refractivity contribution in [2.24, 2.45) is 0 Å². The second-order valence-electron chi connectivity index (χ2n) is 6.11. The van der Waals surface area contributed by atoms with Gasteiger partial charge in [0.1, 0.15) is 5.82 Å². The van der Waals surface area contributed by atoms with Crippen LogP contribution in [0.4, 0.5) is 19.0 Å². The fourth-order valence-corrected chi connectivity index (χ4v) is 2.65. The van der Waals surface area contributed by atoms with E-state index in [9.17, 15) is 18.0 Å². The van der Waals surface area contributed by atoms with Crippen LogP contribution >= 0.6 is 0 Å². The zero-order valence-electron chi connectivity index (χ0n) is 14.6. The summed E-state index contributed by atoms with van der Waals surface area (Å²) < 4.78 is 40.0. The van der Waals surface area contributed by atoms with Crippen molar-refractivity contribution in [3.8, 4) is 11.1 Å². The van der Waals surface area contributed by atoms with Gasteiger partial charge in [0.2, 0.25) is 0 Å². The molecule has 0 aliphatic carbocycles. The van der Waals surface area contributed by atoms with Crippen molar-refractivity contribution in [1.29, 1.82) is 0 Å². The van der Waals surface area contributed by atoms with Crippen molar-refractivity contribution in [3.05, 3.63) is 77.2 Å². The maximum atomic E-state index is 13.3. The first kappa shape index (κ1) is 18.6. The summed E-state index contributed by atoms with van der Waals surface area (Å²) in [6.07, 6.45) is -1.54. The monoisotopic (exact) mass is 371 g/mol. The second kappa shape index (κ2) is 7.19. The van der Waals surface area contributed by atoms with Crippen molar-refractivity contribution >= 4 is 11.7 Å². The minimum Gasteiger partial charge on any atom is -0.307 e. The van der Waals surface area contributed by atoms with Crippen LogP contribution in [0.25, 0.3) is 11.1 Å². The predicted molar refractivity (Wildman–Crippen MR) is 96.3 cm³/mol. The van der Waals surface area contributed by atoms with E-state index >= 15 is 0 Å². The van der Waals surface area contributed by atoms with E-state index < -0.39 is 17.6 Å². The molecule has 0 fully saturated rings. The van der Waals surface area contributed by atoms with Gasteiger partial charge in [-0.1, -0.05) is 6.07 Å². The fraction of sp³-hybridized carbons (Fsp3) is 0.150. The molecule has 138 valence electrons. The summed E-state index contributed by atoms with van der Waals surface area (Å²) in [5.74, 6) is -0.390. The smallest absolute Gasteiger partial charge is 0.307 e. The summed E-state index contributed by atoms with van der Waals surface area (Å²) in [6, 6.07) is 10.0. The highest BCUT2D eigenvalue weighted by Crippen LogP contribution is 2.34. The van der Waals surface area contributed by atoms with Crippen LogP contribution in [0, 0.1) is 13.8 Å². The number of aromatic nitrogens is 2. The highest BCUT2D eigenvalue weighted by Gasteiger charge is 2.32. The number of nitrogens with zero attached hydrogens (tertiary/aromatic N) is 2. The van der Waals surface area contributed by atoms with Crippen molar-refractivity contribution < 1.29 is 18.0 Å². The standard InChI is InChI=1S/C20H16F3N3O/c1-12-6-7-24-11-17(12)14-8-15(10-16(9-14)20(21,22)23)19(27)26-18-5-3-4-13(2)25-18/h3-11H,1-2H3,(H,25,26,27). The molecule has 1 amide bonds. The van der Waals surface area contributed by atoms with Gasteiger partial charge in [-0.05, 0) is 61.4 Å². The molecule has 27 heavy (non-hydrogen) atoms. The first-order valence-corrected chi connectivity index (χ1v) is 8.12. The van der Waals surface area contributed by atoms with E-state index in [0.717, 1.165) is 17.7 Å². The molecule has 0 saturated heterocycles. The van der Waals surface area contributed by atoms with Gasteiger partial charge in [-0.25, -0.2) is 4.98 Å². The molecule has 1 N–H and O–H groups in total. The number of nitrogens with one attached hydrogen (secondary N) is 1. The number of anilines is 1. The molecule has 1 aromatic carbocycles. The van der Waals surface area contributed by atoms with Gasteiger partial charge in [0.25, 0.3) is 5.91 Å². The third kappa shape index (κ3) is 4.31. The largest absolute Gasteiger partial charge is 0.416 e. The molecule has 0 bridgehead atoms. The van der Waals surface area contributed by atoms with Crippen molar-refractivity contribution in [3.63, 3.8) is 0 Å². The summed E-state index contributed by atoms with van der Waals surface area (Å²) in [7, 11) is 0. The van der Waals surface area contributed by atoms with E-state index in [4.69, 9.17) is 0 Å². The van der Waals surface area contributed by atoms with Crippen LogP contribution in [0.2, 0.25) is 0 Å². The van der Waals surface area contributed by atoms with Crippen molar-refractivity contribution in [1.82, 2.24) is 9.97 Å². The number of benzene rings is 1. The summed E-state index contributed by atoms with van der Waals surface area (Å²) in [4.78, 5) is 20.7.